The highest BCUT2D eigenvalue weighted by atomic mass is 35.5. The number of hydrogen-bond acceptors (Lipinski definition) is 4. The molecule has 1 aromatic rings. The molecule has 1 aliphatic rings. The zero-order chi connectivity index (χ0) is 10.5. The van der Waals surface area contributed by atoms with Crippen molar-refractivity contribution in [1.82, 2.24) is 9.97 Å². The third-order valence-corrected chi connectivity index (χ3v) is 2.55. The highest BCUT2D eigenvalue weighted by Gasteiger charge is 2.15. The molecule has 82 valence electrons. The predicted octanol–water partition coefficient (Wildman–Crippen LogP) is 1.77. The molecule has 0 spiro atoms. The van der Waals surface area contributed by atoms with Crippen LogP contribution >= 0.6 is 11.6 Å². The largest absolute Gasteiger partial charge is 0.473 e. The number of halogens is 1. The maximum Gasteiger partial charge on any atom is 0.232 e. The van der Waals surface area contributed by atoms with E-state index in [0.29, 0.717) is 11.8 Å². The molecule has 0 unspecified atom stereocenters. The summed E-state index contributed by atoms with van der Waals surface area (Å²) in [4.78, 5) is 8.25. The van der Waals surface area contributed by atoms with Gasteiger partial charge in [0.05, 0.1) is 37.2 Å². The lowest BCUT2D eigenvalue weighted by Crippen LogP contribution is -2.26. The van der Waals surface area contributed by atoms with Crippen molar-refractivity contribution in [1.29, 1.82) is 0 Å². The van der Waals surface area contributed by atoms with Crippen LogP contribution in [-0.4, -0.2) is 29.3 Å². The summed E-state index contributed by atoms with van der Waals surface area (Å²) >= 11 is 5.61. The van der Waals surface area contributed by atoms with Gasteiger partial charge in [0.15, 0.2) is 0 Å². The van der Waals surface area contributed by atoms with Crippen LogP contribution in [0, 0.1) is 0 Å². The average molecular weight is 229 g/mol. The quantitative estimate of drug-likeness (QED) is 0.740. The Morgan fingerprint density at radius 3 is 2.73 bits per heavy atom. The van der Waals surface area contributed by atoms with Crippen LogP contribution in [0.1, 0.15) is 18.5 Å². The van der Waals surface area contributed by atoms with E-state index in [2.05, 4.69) is 9.97 Å². The van der Waals surface area contributed by atoms with Crippen LogP contribution in [-0.2, 0) is 10.6 Å². The Balaban J connectivity index is 1.91. The molecule has 0 amide bonds. The second-order valence-corrected chi connectivity index (χ2v) is 3.68. The molecule has 4 nitrogen and oxygen atoms in total. The molecule has 0 bridgehead atoms. The summed E-state index contributed by atoms with van der Waals surface area (Å²) in [5, 5.41) is 0. The highest BCUT2D eigenvalue weighted by molar-refractivity contribution is 6.16. The Kier molecular flexibility index (Phi) is 3.75. The normalized spacial score (nSPS) is 17.7. The molecule has 0 aliphatic carbocycles. The van der Waals surface area contributed by atoms with Crippen molar-refractivity contribution in [3.63, 3.8) is 0 Å². The summed E-state index contributed by atoms with van der Waals surface area (Å²) in [6, 6.07) is 0. The monoisotopic (exact) mass is 228 g/mol. The van der Waals surface area contributed by atoms with Crippen LogP contribution in [0.2, 0.25) is 0 Å². The van der Waals surface area contributed by atoms with Crippen LogP contribution in [0.15, 0.2) is 12.4 Å². The van der Waals surface area contributed by atoms with Crippen molar-refractivity contribution in [2.45, 2.75) is 24.8 Å². The van der Waals surface area contributed by atoms with Gasteiger partial charge in [0.2, 0.25) is 5.88 Å². The molecule has 1 aliphatic heterocycles. The van der Waals surface area contributed by atoms with Crippen molar-refractivity contribution in [3.8, 4) is 5.88 Å². The Morgan fingerprint density at radius 2 is 2.13 bits per heavy atom. The minimum absolute atomic E-state index is 0.204. The van der Waals surface area contributed by atoms with Gasteiger partial charge in [0.25, 0.3) is 0 Å². The van der Waals surface area contributed by atoms with Crippen LogP contribution in [0.4, 0.5) is 0 Å². The molecule has 0 aromatic carbocycles. The number of aromatic nitrogens is 2. The summed E-state index contributed by atoms with van der Waals surface area (Å²) in [5.74, 6) is 0.945. The first-order valence-electron chi connectivity index (χ1n) is 5.00. The Hall–Kier alpha value is -0.870. The van der Waals surface area contributed by atoms with E-state index in [0.717, 1.165) is 31.7 Å². The van der Waals surface area contributed by atoms with Gasteiger partial charge in [0.1, 0.15) is 6.10 Å². The Labute approximate surface area is 93.6 Å². The molecule has 1 fully saturated rings. The fourth-order valence-electron chi connectivity index (χ4n) is 1.44. The minimum Gasteiger partial charge on any atom is -0.473 e. The second kappa shape index (κ2) is 5.28. The lowest BCUT2D eigenvalue weighted by Gasteiger charge is -2.22. The van der Waals surface area contributed by atoms with Gasteiger partial charge < -0.3 is 9.47 Å². The van der Waals surface area contributed by atoms with E-state index in [1.54, 1.807) is 12.4 Å². The van der Waals surface area contributed by atoms with E-state index in [1.807, 2.05) is 0 Å². The van der Waals surface area contributed by atoms with Crippen LogP contribution in [0.3, 0.4) is 0 Å². The average Bonchev–Trinajstić information content (AvgIpc) is 2.31. The van der Waals surface area contributed by atoms with Crippen molar-refractivity contribution in [2.24, 2.45) is 0 Å². The number of hydrogen-bond donors (Lipinski definition) is 0. The van der Waals surface area contributed by atoms with E-state index in [-0.39, 0.29) is 6.10 Å². The molecule has 0 N–H and O–H groups in total. The molecule has 1 saturated heterocycles. The third kappa shape index (κ3) is 3.04. The summed E-state index contributed by atoms with van der Waals surface area (Å²) in [6.45, 7) is 1.52. The van der Waals surface area contributed by atoms with Crippen molar-refractivity contribution >= 4 is 11.6 Å². The van der Waals surface area contributed by atoms with Gasteiger partial charge in [-0.25, -0.2) is 4.98 Å². The van der Waals surface area contributed by atoms with Gasteiger partial charge in [-0.15, -0.1) is 11.6 Å². The van der Waals surface area contributed by atoms with Crippen LogP contribution in [0.25, 0.3) is 0 Å². The predicted molar refractivity (Wildman–Crippen MR) is 56.1 cm³/mol. The summed E-state index contributed by atoms with van der Waals surface area (Å²) < 4.78 is 10.9. The molecule has 5 heteroatoms. The first kappa shape index (κ1) is 10.6. The standard InChI is InChI=1S/C10H13ClN2O2/c11-5-8-6-13-10(7-12-8)15-9-1-3-14-4-2-9/h6-7,9H,1-5H2. The van der Waals surface area contributed by atoms with Gasteiger partial charge in [0, 0.05) is 12.8 Å². The number of rotatable bonds is 3. The van der Waals surface area contributed by atoms with E-state index in [9.17, 15) is 0 Å². The molecule has 2 heterocycles. The lowest BCUT2D eigenvalue weighted by molar-refractivity contribution is 0.0235. The maximum atomic E-state index is 5.66. The van der Waals surface area contributed by atoms with Gasteiger partial charge >= 0.3 is 0 Å². The molecule has 0 atom stereocenters. The number of nitrogens with zero attached hydrogens (tertiary/aromatic N) is 2. The van der Waals surface area contributed by atoms with E-state index in [1.165, 1.54) is 0 Å². The fraction of sp³-hybridized carbons (Fsp3) is 0.600. The topological polar surface area (TPSA) is 44.2 Å². The van der Waals surface area contributed by atoms with Gasteiger partial charge in [-0.3, -0.25) is 4.98 Å². The number of alkyl halides is 1. The Morgan fingerprint density at radius 1 is 1.33 bits per heavy atom. The molecular weight excluding hydrogens is 216 g/mol. The summed E-state index contributed by atoms with van der Waals surface area (Å²) in [6.07, 6.45) is 5.29. The lowest BCUT2D eigenvalue weighted by atomic mass is 10.2. The van der Waals surface area contributed by atoms with Crippen molar-refractivity contribution in [2.75, 3.05) is 13.2 Å². The SMILES string of the molecule is ClCc1cnc(OC2CCOCC2)cn1. The minimum atomic E-state index is 0.204. The zero-order valence-electron chi connectivity index (χ0n) is 8.36. The molecule has 15 heavy (non-hydrogen) atoms. The smallest absolute Gasteiger partial charge is 0.232 e. The maximum absolute atomic E-state index is 5.66. The highest BCUT2D eigenvalue weighted by Crippen LogP contribution is 2.14. The second-order valence-electron chi connectivity index (χ2n) is 3.41. The summed E-state index contributed by atoms with van der Waals surface area (Å²) in [7, 11) is 0. The zero-order valence-corrected chi connectivity index (χ0v) is 9.11. The van der Waals surface area contributed by atoms with E-state index in [4.69, 9.17) is 21.1 Å². The van der Waals surface area contributed by atoms with Gasteiger partial charge in [-0.05, 0) is 0 Å². The van der Waals surface area contributed by atoms with Crippen molar-refractivity contribution < 1.29 is 9.47 Å². The molecule has 1 aromatic heterocycles. The van der Waals surface area contributed by atoms with Gasteiger partial charge in [-0.2, -0.15) is 0 Å². The number of ether oxygens (including phenoxy) is 2. The first-order chi connectivity index (χ1) is 7.38. The van der Waals surface area contributed by atoms with E-state index < -0.39 is 0 Å². The summed E-state index contributed by atoms with van der Waals surface area (Å²) in [5.41, 5.74) is 0.760. The van der Waals surface area contributed by atoms with E-state index >= 15 is 0 Å². The Bertz CT molecular complexity index is 299. The molecule has 0 saturated carbocycles. The fourth-order valence-corrected chi connectivity index (χ4v) is 1.58. The van der Waals surface area contributed by atoms with Crippen LogP contribution < -0.4 is 4.74 Å². The van der Waals surface area contributed by atoms with Crippen LogP contribution in [0.5, 0.6) is 5.88 Å². The van der Waals surface area contributed by atoms with Gasteiger partial charge in [-0.1, -0.05) is 0 Å². The third-order valence-electron chi connectivity index (χ3n) is 2.27. The van der Waals surface area contributed by atoms with Crippen molar-refractivity contribution in [3.05, 3.63) is 18.1 Å². The molecule has 0 radical (unpaired) electrons. The molecular formula is C10H13ClN2O2. The first-order valence-corrected chi connectivity index (χ1v) is 5.53. The molecule has 2 rings (SSSR count).